The first-order valence-corrected chi connectivity index (χ1v) is 10.7. The second kappa shape index (κ2) is 7.98. The van der Waals surface area contributed by atoms with Crippen molar-refractivity contribution in [2.45, 2.75) is 64.5 Å². The van der Waals surface area contributed by atoms with Crippen molar-refractivity contribution in [3.63, 3.8) is 0 Å². The van der Waals surface area contributed by atoms with Gasteiger partial charge in [-0.2, -0.15) is 5.26 Å². The summed E-state index contributed by atoms with van der Waals surface area (Å²) in [5.41, 5.74) is 3.80. The fourth-order valence-corrected chi connectivity index (χ4v) is 5.00. The Morgan fingerprint density at radius 1 is 1.13 bits per heavy atom. The van der Waals surface area contributed by atoms with Crippen LogP contribution in [0.25, 0.3) is 10.9 Å². The van der Waals surface area contributed by atoms with Gasteiger partial charge < -0.3 is 14.2 Å². The van der Waals surface area contributed by atoms with Crippen LogP contribution in [0.3, 0.4) is 0 Å². The van der Waals surface area contributed by atoms with Gasteiger partial charge in [-0.05, 0) is 24.5 Å². The molecule has 4 rings (SSSR count). The van der Waals surface area contributed by atoms with E-state index in [-0.39, 0.29) is 17.9 Å². The van der Waals surface area contributed by atoms with Crippen molar-refractivity contribution in [1.29, 1.82) is 5.26 Å². The maximum atomic E-state index is 13.1. The Balaban J connectivity index is 1.87. The topological polar surface area (TPSA) is 75.3 Å². The largest absolute Gasteiger partial charge is 0.430 e. The highest BCUT2D eigenvalue weighted by Crippen LogP contribution is 2.47. The van der Waals surface area contributed by atoms with Gasteiger partial charge in [0.05, 0.1) is 17.7 Å². The summed E-state index contributed by atoms with van der Waals surface area (Å²) in [6.07, 6.45) is 3.10. The molecule has 0 radical (unpaired) electrons. The van der Waals surface area contributed by atoms with E-state index >= 15 is 0 Å². The zero-order chi connectivity index (χ0) is 21.4. The summed E-state index contributed by atoms with van der Waals surface area (Å²) >= 11 is 0. The van der Waals surface area contributed by atoms with E-state index in [0.29, 0.717) is 43.4 Å². The number of rotatable bonds is 5. The van der Waals surface area contributed by atoms with Crippen LogP contribution in [-0.2, 0) is 27.8 Å². The molecule has 1 aromatic carbocycles. The fourth-order valence-electron chi connectivity index (χ4n) is 5.00. The minimum absolute atomic E-state index is 0.0510. The van der Waals surface area contributed by atoms with Gasteiger partial charge in [-0.3, -0.25) is 9.59 Å². The number of aryl methyl sites for hydroxylation is 1. The number of fused-ring (bicyclic) bond motifs is 6. The summed E-state index contributed by atoms with van der Waals surface area (Å²) in [6, 6.07) is 9.85. The smallest absolute Gasteiger partial charge is 0.310 e. The lowest BCUT2D eigenvalue weighted by Crippen LogP contribution is -2.51. The van der Waals surface area contributed by atoms with Crippen molar-refractivity contribution in [3.05, 3.63) is 46.9 Å². The van der Waals surface area contributed by atoms with Gasteiger partial charge in [-0.15, -0.1) is 0 Å². The summed E-state index contributed by atoms with van der Waals surface area (Å²) in [5, 5.41) is 11.1. The highest BCUT2D eigenvalue weighted by molar-refractivity contribution is 5.88. The van der Waals surface area contributed by atoms with Crippen molar-refractivity contribution in [1.82, 2.24) is 9.47 Å². The summed E-state index contributed by atoms with van der Waals surface area (Å²) in [7, 11) is 2.02. The van der Waals surface area contributed by atoms with Gasteiger partial charge in [-0.1, -0.05) is 32.0 Å². The Morgan fingerprint density at radius 3 is 2.57 bits per heavy atom. The number of para-hydroxylation sites is 1. The number of amides is 1. The molecule has 0 fully saturated rings. The van der Waals surface area contributed by atoms with E-state index in [1.54, 1.807) is 0 Å². The van der Waals surface area contributed by atoms with Crippen LogP contribution in [-0.4, -0.2) is 27.4 Å². The molecule has 2 atom stereocenters. The monoisotopic (exact) mass is 405 g/mol. The van der Waals surface area contributed by atoms with Crippen LogP contribution in [0.1, 0.15) is 63.3 Å². The minimum atomic E-state index is -0.393. The van der Waals surface area contributed by atoms with E-state index in [2.05, 4.69) is 22.8 Å². The van der Waals surface area contributed by atoms with Crippen molar-refractivity contribution < 1.29 is 14.3 Å². The van der Waals surface area contributed by atoms with Crippen LogP contribution in [0.4, 0.5) is 0 Å². The molecule has 2 aliphatic heterocycles. The third-order valence-electron chi connectivity index (χ3n) is 6.22. The molecular weight excluding hydrogens is 378 g/mol. The average molecular weight is 405 g/mol. The predicted molar refractivity (Wildman–Crippen MR) is 113 cm³/mol. The Kier molecular flexibility index (Phi) is 5.38. The van der Waals surface area contributed by atoms with Crippen molar-refractivity contribution >= 4 is 22.8 Å². The number of ether oxygens (including phenoxy) is 1. The third kappa shape index (κ3) is 3.09. The Labute approximate surface area is 176 Å². The van der Waals surface area contributed by atoms with Crippen LogP contribution in [0.2, 0.25) is 0 Å². The zero-order valence-electron chi connectivity index (χ0n) is 17.8. The predicted octanol–water partition coefficient (Wildman–Crippen LogP) is 4.30. The average Bonchev–Trinajstić information content (AvgIpc) is 3.00. The number of carbonyl (C=O) groups is 2. The normalized spacial score (nSPS) is 20.1. The first-order chi connectivity index (χ1) is 14.5. The van der Waals surface area contributed by atoms with Gasteiger partial charge in [0, 0.05) is 49.3 Å². The molecule has 6 heteroatoms. The molecule has 2 aliphatic rings. The standard InChI is InChI=1S/C24H27N3O3/c1-4-8-22(28)27-19-12-16-15-10-6-7-11-18(15)26(3)24(16)20(27)13-21(17(19)14-25)30-23(29)9-5-2/h6-7,10-11,19-20H,4-5,8-9,12-13H2,1-3H3/t19-,20-/m0/s1. The third-order valence-corrected chi connectivity index (χ3v) is 6.22. The molecule has 30 heavy (non-hydrogen) atoms. The molecule has 1 amide bonds. The minimum Gasteiger partial charge on any atom is -0.430 e. The zero-order valence-corrected chi connectivity index (χ0v) is 17.8. The first kappa shape index (κ1) is 20.2. The van der Waals surface area contributed by atoms with Crippen LogP contribution in [0.5, 0.6) is 0 Å². The number of nitrogens with zero attached hydrogens (tertiary/aromatic N) is 3. The van der Waals surface area contributed by atoms with Crippen LogP contribution in [0, 0.1) is 11.3 Å². The van der Waals surface area contributed by atoms with E-state index in [9.17, 15) is 14.9 Å². The van der Waals surface area contributed by atoms with E-state index in [0.717, 1.165) is 23.0 Å². The Bertz CT molecular complexity index is 1090. The number of carbonyl (C=O) groups excluding carboxylic acids is 2. The number of hydrogen-bond acceptors (Lipinski definition) is 4. The summed E-state index contributed by atoms with van der Waals surface area (Å²) in [5.74, 6) is 0.168. The number of hydrogen-bond donors (Lipinski definition) is 0. The lowest BCUT2D eigenvalue weighted by atomic mass is 9.81. The van der Waals surface area contributed by atoms with Crippen LogP contribution < -0.4 is 0 Å². The van der Waals surface area contributed by atoms with Crippen molar-refractivity contribution in [3.8, 4) is 6.07 Å². The van der Waals surface area contributed by atoms with Gasteiger partial charge >= 0.3 is 5.97 Å². The molecule has 3 heterocycles. The molecule has 0 spiro atoms. The van der Waals surface area contributed by atoms with Crippen molar-refractivity contribution in [2.24, 2.45) is 7.05 Å². The van der Waals surface area contributed by atoms with Crippen LogP contribution >= 0.6 is 0 Å². The molecule has 0 saturated heterocycles. The highest BCUT2D eigenvalue weighted by Gasteiger charge is 2.47. The number of esters is 1. The summed E-state index contributed by atoms with van der Waals surface area (Å²) < 4.78 is 7.81. The van der Waals surface area contributed by atoms with Gasteiger partial charge in [-0.25, -0.2) is 0 Å². The van der Waals surface area contributed by atoms with Gasteiger partial charge in [0.1, 0.15) is 11.8 Å². The highest BCUT2D eigenvalue weighted by atomic mass is 16.5. The summed E-state index contributed by atoms with van der Waals surface area (Å²) in [6.45, 7) is 3.91. The number of nitriles is 1. The fraction of sp³-hybridized carbons (Fsp3) is 0.458. The quantitative estimate of drug-likeness (QED) is 0.695. The van der Waals surface area contributed by atoms with E-state index in [4.69, 9.17) is 4.74 Å². The maximum absolute atomic E-state index is 13.1. The number of aromatic nitrogens is 1. The molecule has 0 N–H and O–H groups in total. The van der Waals surface area contributed by atoms with Gasteiger partial charge in [0.2, 0.25) is 5.91 Å². The number of benzene rings is 1. The van der Waals surface area contributed by atoms with Gasteiger partial charge in [0.15, 0.2) is 0 Å². The maximum Gasteiger partial charge on any atom is 0.310 e. The van der Waals surface area contributed by atoms with Gasteiger partial charge in [0.25, 0.3) is 0 Å². The van der Waals surface area contributed by atoms with E-state index in [1.807, 2.05) is 37.9 Å². The molecule has 2 bridgehead atoms. The molecule has 156 valence electrons. The first-order valence-electron chi connectivity index (χ1n) is 10.7. The molecule has 1 aromatic heterocycles. The molecule has 0 aliphatic carbocycles. The molecular formula is C24H27N3O3. The molecule has 2 aromatic rings. The second-order valence-electron chi connectivity index (χ2n) is 8.10. The summed E-state index contributed by atoms with van der Waals surface area (Å²) in [4.78, 5) is 27.2. The lowest BCUT2D eigenvalue weighted by molar-refractivity contribution is -0.141. The Hall–Kier alpha value is -3.07. The molecule has 0 unspecified atom stereocenters. The second-order valence-corrected chi connectivity index (χ2v) is 8.10. The van der Waals surface area contributed by atoms with Crippen molar-refractivity contribution in [2.75, 3.05) is 0 Å². The SMILES string of the molecule is CCCC(=O)OC1=C(C#N)[C@@H]2Cc3c(n(C)c4ccccc34)[C@H](C1)N2C(=O)CCC. The molecule has 0 saturated carbocycles. The van der Waals surface area contributed by atoms with Crippen LogP contribution in [0.15, 0.2) is 35.6 Å². The molecule has 6 nitrogen and oxygen atoms in total. The lowest BCUT2D eigenvalue weighted by Gasteiger charge is -2.46. The van der Waals surface area contributed by atoms with E-state index in [1.165, 1.54) is 5.56 Å². The van der Waals surface area contributed by atoms with E-state index < -0.39 is 6.04 Å². The Morgan fingerprint density at radius 2 is 1.87 bits per heavy atom.